The van der Waals surface area contributed by atoms with Gasteiger partial charge in [0, 0.05) is 10.6 Å². The maximum atomic E-state index is 5.83. The Kier molecular flexibility index (Phi) is 2.80. The molecule has 2 rings (SSSR count). The highest BCUT2D eigenvalue weighted by molar-refractivity contribution is 6.30. The summed E-state index contributed by atoms with van der Waals surface area (Å²) < 4.78 is 0. The number of aryl methyl sites for hydroxylation is 1. The molecule has 1 nitrogen and oxygen atoms in total. The molecule has 76 valence electrons. The van der Waals surface area contributed by atoms with Gasteiger partial charge in [-0.25, -0.2) is 0 Å². The first-order chi connectivity index (χ1) is 6.74. The van der Waals surface area contributed by atoms with Gasteiger partial charge in [0.1, 0.15) is 0 Å². The van der Waals surface area contributed by atoms with E-state index in [2.05, 4.69) is 24.5 Å². The van der Waals surface area contributed by atoms with Crippen molar-refractivity contribution in [3.05, 3.63) is 34.9 Å². The van der Waals surface area contributed by atoms with Gasteiger partial charge in [-0.05, 0) is 50.4 Å². The number of halogens is 1. The van der Waals surface area contributed by atoms with Gasteiger partial charge in [0.25, 0.3) is 0 Å². The van der Waals surface area contributed by atoms with Crippen molar-refractivity contribution < 1.29 is 0 Å². The fourth-order valence-electron chi connectivity index (χ4n) is 1.81. The molecule has 0 bridgehead atoms. The van der Waals surface area contributed by atoms with E-state index in [0.29, 0.717) is 5.54 Å². The molecule has 14 heavy (non-hydrogen) atoms. The molecule has 0 amide bonds. The third kappa shape index (κ3) is 2.28. The highest BCUT2D eigenvalue weighted by atomic mass is 35.5. The SMILES string of the molecule is CNC1(CCc2ccc(Cl)cc2)CC1. The minimum absolute atomic E-state index is 0.458. The van der Waals surface area contributed by atoms with Crippen molar-refractivity contribution in [1.82, 2.24) is 5.32 Å². The largest absolute Gasteiger partial charge is 0.314 e. The molecule has 2 heteroatoms. The van der Waals surface area contributed by atoms with E-state index in [1.54, 1.807) is 0 Å². The summed E-state index contributed by atoms with van der Waals surface area (Å²) in [6, 6.07) is 8.17. The zero-order valence-electron chi connectivity index (χ0n) is 8.52. The minimum Gasteiger partial charge on any atom is -0.314 e. The summed E-state index contributed by atoms with van der Waals surface area (Å²) in [6.45, 7) is 0. The van der Waals surface area contributed by atoms with Crippen molar-refractivity contribution in [1.29, 1.82) is 0 Å². The number of hydrogen-bond acceptors (Lipinski definition) is 1. The van der Waals surface area contributed by atoms with Crippen LogP contribution in [0.2, 0.25) is 5.02 Å². The van der Waals surface area contributed by atoms with Crippen molar-refractivity contribution in [2.75, 3.05) is 7.05 Å². The lowest BCUT2D eigenvalue weighted by Gasteiger charge is -2.13. The van der Waals surface area contributed by atoms with Gasteiger partial charge in [0.15, 0.2) is 0 Å². The Morgan fingerprint density at radius 3 is 2.43 bits per heavy atom. The molecular formula is C12H16ClN. The molecule has 0 saturated heterocycles. The fraction of sp³-hybridized carbons (Fsp3) is 0.500. The molecule has 1 aliphatic rings. The van der Waals surface area contributed by atoms with Gasteiger partial charge < -0.3 is 5.32 Å². The zero-order valence-corrected chi connectivity index (χ0v) is 9.27. The van der Waals surface area contributed by atoms with E-state index in [9.17, 15) is 0 Å². The summed E-state index contributed by atoms with van der Waals surface area (Å²) in [7, 11) is 2.06. The summed E-state index contributed by atoms with van der Waals surface area (Å²) in [5, 5.41) is 4.23. The molecule has 0 heterocycles. The smallest absolute Gasteiger partial charge is 0.0406 e. The lowest BCUT2D eigenvalue weighted by atomic mass is 10.0. The second kappa shape index (κ2) is 3.92. The molecule has 0 aliphatic heterocycles. The summed E-state index contributed by atoms with van der Waals surface area (Å²) in [6.07, 6.45) is 5.05. The Morgan fingerprint density at radius 2 is 1.93 bits per heavy atom. The first-order valence-electron chi connectivity index (χ1n) is 5.17. The molecule has 1 aliphatic carbocycles. The van der Waals surface area contributed by atoms with Crippen LogP contribution < -0.4 is 5.32 Å². The first-order valence-corrected chi connectivity index (χ1v) is 5.55. The predicted octanol–water partition coefficient (Wildman–Crippen LogP) is 3.02. The van der Waals surface area contributed by atoms with E-state index in [1.807, 2.05) is 12.1 Å². The number of hydrogen-bond donors (Lipinski definition) is 1. The van der Waals surface area contributed by atoms with Gasteiger partial charge >= 0.3 is 0 Å². The normalized spacial score (nSPS) is 18.1. The fourth-order valence-corrected chi connectivity index (χ4v) is 1.94. The number of benzene rings is 1. The van der Waals surface area contributed by atoms with E-state index >= 15 is 0 Å². The van der Waals surface area contributed by atoms with Crippen molar-refractivity contribution in [3.8, 4) is 0 Å². The van der Waals surface area contributed by atoms with Crippen LogP contribution in [0.1, 0.15) is 24.8 Å². The molecule has 0 spiro atoms. The third-order valence-corrected chi connectivity index (χ3v) is 3.44. The van der Waals surface area contributed by atoms with Crippen LogP contribution in [-0.2, 0) is 6.42 Å². The van der Waals surface area contributed by atoms with Crippen LogP contribution in [0, 0.1) is 0 Å². The van der Waals surface area contributed by atoms with Crippen LogP contribution in [0.3, 0.4) is 0 Å². The van der Waals surface area contributed by atoms with E-state index in [0.717, 1.165) is 11.4 Å². The van der Waals surface area contributed by atoms with E-state index < -0.39 is 0 Å². The lowest BCUT2D eigenvalue weighted by molar-refractivity contribution is 0.509. The Labute approximate surface area is 90.5 Å². The topological polar surface area (TPSA) is 12.0 Å². The zero-order chi connectivity index (χ0) is 10.0. The standard InChI is InChI=1S/C12H16ClN/c1-14-12(8-9-12)7-6-10-2-4-11(13)5-3-10/h2-5,14H,6-9H2,1H3. The Morgan fingerprint density at radius 1 is 1.29 bits per heavy atom. The second-order valence-electron chi connectivity index (χ2n) is 4.16. The third-order valence-electron chi connectivity index (χ3n) is 3.19. The van der Waals surface area contributed by atoms with Crippen molar-refractivity contribution >= 4 is 11.6 Å². The van der Waals surface area contributed by atoms with Gasteiger partial charge in [-0.15, -0.1) is 0 Å². The predicted molar refractivity (Wildman–Crippen MR) is 60.8 cm³/mol. The summed E-state index contributed by atoms with van der Waals surface area (Å²) >= 11 is 5.83. The quantitative estimate of drug-likeness (QED) is 0.804. The van der Waals surface area contributed by atoms with Gasteiger partial charge in [-0.2, -0.15) is 0 Å². The van der Waals surface area contributed by atoms with Crippen LogP contribution >= 0.6 is 11.6 Å². The lowest BCUT2D eigenvalue weighted by Crippen LogP contribution is -2.27. The molecule has 1 fully saturated rings. The van der Waals surface area contributed by atoms with Crippen molar-refractivity contribution in [2.24, 2.45) is 0 Å². The van der Waals surface area contributed by atoms with Crippen LogP contribution in [0.4, 0.5) is 0 Å². The van der Waals surface area contributed by atoms with Crippen molar-refractivity contribution in [3.63, 3.8) is 0 Å². The van der Waals surface area contributed by atoms with Crippen molar-refractivity contribution in [2.45, 2.75) is 31.2 Å². The maximum absolute atomic E-state index is 5.83. The molecule has 1 N–H and O–H groups in total. The van der Waals surface area contributed by atoms with E-state index in [-0.39, 0.29) is 0 Å². The highest BCUT2D eigenvalue weighted by Crippen LogP contribution is 2.39. The molecule has 1 saturated carbocycles. The van der Waals surface area contributed by atoms with Gasteiger partial charge in [0.2, 0.25) is 0 Å². The molecule has 0 unspecified atom stereocenters. The average Bonchev–Trinajstić information content (AvgIpc) is 2.98. The van der Waals surface area contributed by atoms with E-state index in [4.69, 9.17) is 11.6 Å². The van der Waals surface area contributed by atoms with Gasteiger partial charge in [-0.3, -0.25) is 0 Å². The first kappa shape index (κ1) is 10.0. The molecule has 0 radical (unpaired) electrons. The minimum atomic E-state index is 0.458. The summed E-state index contributed by atoms with van der Waals surface area (Å²) in [5.41, 5.74) is 1.84. The Balaban J connectivity index is 1.89. The average molecular weight is 210 g/mol. The molecule has 0 aromatic heterocycles. The van der Waals surface area contributed by atoms with Gasteiger partial charge in [0.05, 0.1) is 0 Å². The molecule has 1 aromatic rings. The van der Waals surface area contributed by atoms with Crippen LogP contribution in [0.25, 0.3) is 0 Å². The summed E-state index contributed by atoms with van der Waals surface area (Å²) in [5.74, 6) is 0. The Hall–Kier alpha value is -0.530. The molecule has 1 aromatic carbocycles. The number of nitrogens with one attached hydrogen (secondary N) is 1. The highest BCUT2D eigenvalue weighted by Gasteiger charge is 2.39. The molecule has 0 atom stereocenters. The van der Waals surface area contributed by atoms with Crippen LogP contribution in [-0.4, -0.2) is 12.6 Å². The maximum Gasteiger partial charge on any atom is 0.0406 e. The van der Waals surface area contributed by atoms with Gasteiger partial charge in [-0.1, -0.05) is 23.7 Å². The Bertz CT molecular complexity index is 301. The van der Waals surface area contributed by atoms with Crippen LogP contribution in [0.15, 0.2) is 24.3 Å². The van der Waals surface area contributed by atoms with E-state index in [1.165, 1.54) is 24.8 Å². The summed E-state index contributed by atoms with van der Waals surface area (Å²) in [4.78, 5) is 0. The van der Waals surface area contributed by atoms with Crippen LogP contribution in [0.5, 0.6) is 0 Å². The number of rotatable bonds is 4. The monoisotopic (exact) mass is 209 g/mol. The second-order valence-corrected chi connectivity index (χ2v) is 4.59. The molecular weight excluding hydrogens is 194 g/mol.